The van der Waals surface area contributed by atoms with Crippen LogP contribution >= 0.6 is 0 Å². The molecule has 0 bridgehead atoms. The van der Waals surface area contributed by atoms with Gasteiger partial charge in [0.1, 0.15) is 12.4 Å². The summed E-state index contributed by atoms with van der Waals surface area (Å²) in [5.41, 5.74) is 6.40. The van der Waals surface area contributed by atoms with Gasteiger partial charge in [-0.3, -0.25) is 19.3 Å². The Balaban J connectivity index is 0.000000629. The molecule has 2 heterocycles. The molecule has 11 nitrogen and oxygen atoms in total. The predicted octanol–water partition coefficient (Wildman–Crippen LogP) is -0.121. The number of nitrogens with two attached hydrogens (primary N) is 1. The maximum absolute atomic E-state index is 12.5. The van der Waals surface area contributed by atoms with Crippen LogP contribution < -0.4 is 15.8 Å². The number of carboxylic acids is 2. The number of amides is 1. The van der Waals surface area contributed by atoms with Gasteiger partial charge in [0.05, 0.1) is 31.7 Å². The van der Waals surface area contributed by atoms with Gasteiger partial charge in [-0.2, -0.15) is 0 Å². The Morgan fingerprint density at radius 2 is 1.62 bits per heavy atom. The molecule has 0 saturated carbocycles. The number of ether oxygens (including phenoxy) is 2. The highest BCUT2D eigenvalue weighted by atomic mass is 16.5. The van der Waals surface area contributed by atoms with Gasteiger partial charge in [0.2, 0.25) is 5.91 Å². The lowest BCUT2D eigenvalue weighted by atomic mass is 10.1. The number of carbonyl (C=O) groups is 3. The first-order chi connectivity index (χ1) is 16.1. The summed E-state index contributed by atoms with van der Waals surface area (Å²) in [6, 6.07) is 7.95. The van der Waals surface area contributed by atoms with Crippen LogP contribution in [0.15, 0.2) is 24.3 Å². The van der Waals surface area contributed by atoms with Crippen LogP contribution in [0.25, 0.3) is 0 Å². The molecule has 0 aliphatic carbocycles. The molecule has 2 aliphatic heterocycles. The predicted molar refractivity (Wildman–Crippen MR) is 127 cm³/mol. The second-order valence-electron chi connectivity index (χ2n) is 8.11. The molecular formula is C23H38N4O7. The van der Waals surface area contributed by atoms with E-state index in [9.17, 15) is 4.79 Å². The first-order valence-electron chi connectivity index (χ1n) is 11.2. The molecular weight excluding hydrogens is 444 g/mol. The third-order valence-electron chi connectivity index (χ3n) is 5.08. The molecule has 2 aliphatic rings. The van der Waals surface area contributed by atoms with E-state index in [-0.39, 0.29) is 18.0 Å². The van der Waals surface area contributed by atoms with Gasteiger partial charge in [-0.15, -0.1) is 0 Å². The van der Waals surface area contributed by atoms with Crippen molar-refractivity contribution in [1.29, 1.82) is 0 Å². The van der Waals surface area contributed by atoms with Crippen molar-refractivity contribution in [1.82, 2.24) is 15.1 Å². The first kappa shape index (κ1) is 29.3. The summed E-state index contributed by atoms with van der Waals surface area (Å²) in [5.74, 6) is -0.853. The average Bonchev–Trinajstić information content (AvgIpc) is 3.21. The standard InChI is InChI=1S/C19H30N4O3.2C2H4O2/c1-22-7-9-23(10-8-22)18-14-25-13-17(18)21-19(24)12-15-2-4-16(5-3-15)26-11-6-20;2*1-2(3)4/h2-5,17-18H,6-14,20H2,1H3,(H,21,24);2*1H3,(H,3,4)/t17-,18-;;/m0../s1. The quantitative estimate of drug-likeness (QED) is 0.413. The lowest BCUT2D eigenvalue weighted by Gasteiger charge is -2.38. The van der Waals surface area contributed by atoms with Crippen molar-refractivity contribution in [2.75, 3.05) is 59.6 Å². The summed E-state index contributed by atoms with van der Waals surface area (Å²) < 4.78 is 11.1. The minimum absolute atomic E-state index is 0.0373. The van der Waals surface area contributed by atoms with E-state index >= 15 is 0 Å². The summed E-state index contributed by atoms with van der Waals surface area (Å²) in [4.78, 5) is 35.2. The molecule has 2 atom stereocenters. The normalized spacial score (nSPS) is 20.2. The average molecular weight is 483 g/mol. The number of nitrogens with one attached hydrogen (secondary N) is 1. The van der Waals surface area contributed by atoms with Crippen LogP contribution in [0.4, 0.5) is 0 Å². The molecule has 0 unspecified atom stereocenters. The highest BCUT2D eigenvalue weighted by molar-refractivity contribution is 5.79. The van der Waals surface area contributed by atoms with E-state index in [1.807, 2.05) is 24.3 Å². The number of benzene rings is 1. The maximum atomic E-state index is 12.5. The Morgan fingerprint density at radius 3 is 2.15 bits per heavy atom. The molecule has 0 radical (unpaired) electrons. The molecule has 1 aromatic carbocycles. The van der Waals surface area contributed by atoms with Crippen LogP contribution in [0.2, 0.25) is 0 Å². The number of hydrogen-bond donors (Lipinski definition) is 4. The second-order valence-corrected chi connectivity index (χ2v) is 8.11. The Morgan fingerprint density at radius 1 is 1.06 bits per heavy atom. The van der Waals surface area contributed by atoms with Crippen molar-refractivity contribution in [3.05, 3.63) is 29.8 Å². The van der Waals surface area contributed by atoms with E-state index in [2.05, 4.69) is 22.2 Å². The van der Waals surface area contributed by atoms with E-state index in [4.69, 9.17) is 35.0 Å². The fourth-order valence-corrected chi connectivity index (χ4v) is 3.52. The maximum Gasteiger partial charge on any atom is 0.300 e. The summed E-state index contributed by atoms with van der Waals surface area (Å²) in [7, 11) is 2.15. The van der Waals surface area contributed by atoms with Crippen molar-refractivity contribution in [2.45, 2.75) is 32.4 Å². The lowest BCUT2D eigenvalue weighted by Crippen LogP contribution is -2.56. The largest absolute Gasteiger partial charge is 0.492 e. The highest BCUT2D eigenvalue weighted by Gasteiger charge is 2.35. The fraction of sp³-hybridized carbons (Fsp3) is 0.609. The van der Waals surface area contributed by atoms with Crippen LogP contribution in [0, 0.1) is 0 Å². The first-order valence-corrected chi connectivity index (χ1v) is 11.2. The van der Waals surface area contributed by atoms with Crippen molar-refractivity contribution >= 4 is 17.8 Å². The van der Waals surface area contributed by atoms with Gasteiger partial charge in [-0.1, -0.05) is 12.1 Å². The molecule has 192 valence electrons. The number of rotatable bonds is 7. The Labute approximate surface area is 200 Å². The van der Waals surface area contributed by atoms with Gasteiger partial charge >= 0.3 is 0 Å². The van der Waals surface area contributed by atoms with Gasteiger partial charge in [0.25, 0.3) is 11.9 Å². The number of piperazine rings is 1. The zero-order chi connectivity index (χ0) is 25.5. The van der Waals surface area contributed by atoms with Crippen LogP contribution in [-0.4, -0.2) is 110 Å². The van der Waals surface area contributed by atoms with E-state index < -0.39 is 11.9 Å². The molecule has 3 rings (SSSR count). The summed E-state index contributed by atoms with van der Waals surface area (Å²) >= 11 is 0. The van der Waals surface area contributed by atoms with E-state index in [0.29, 0.717) is 32.8 Å². The van der Waals surface area contributed by atoms with Crippen molar-refractivity contribution in [2.24, 2.45) is 5.73 Å². The minimum atomic E-state index is -0.833. The Kier molecular flexibility index (Phi) is 13.8. The lowest BCUT2D eigenvalue weighted by molar-refractivity contribution is -0.135. The van der Waals surface area contributed by atoms with Gasteiger partial charge in [0.15, 0.2) is 0 Å². The molecule has 11 heteroatoms. The van der Waals surface area contributed by atoms with E-state index in [1.165, 1.54) is 0 Å². The SMILES string of the molecule is CC(=O)O.CC(=O)O.CN1CCN([C@H]2COC[C@@H]2NC(=O)Cc2ccc(OCCN)cc2)CC1. The fourth-order valence-electron chi connectivity index (χ4n) is 3.52. The minimum Gasteiger partial charge on any atom is -0.492 e. The van der Waals surface area contributed by atoms with Gasteiger partial charge in [-0.25, -0.2) is 0 Å². The van der Waals surface area contributed by atoms with Crippen LogP contribution in [-0.2, 0) is 25.5 Å². The monoisotopic (exact) mass is 482 g/mol. The Bertz CT molecular complexity index is 732. The molecule has 1 aromatic rings. The molecule has 2 saturated heterocycles. The number of nitrogens with zero attached hydrogens (tertiary/aromatic N) is 2. The summed E-state index contributed by atoms with van der Waals surface area (Å²) in [6.07, 6.45) is 0.364. The number of carbonyl (C=O) groups excluding carboxylic acids is 1. The molecule has 5 N–H and O–H groups in total. The number of likely N-dealkylation sites (N-methyl/N-ethyl adjacent to an activating group) is 1. The van der Waals surface area contributed by atoms with Crippen LogP contribution in [0.3, 0.4) is 0 Å². The molecule has 0 spiro atoms. The van der Waals surface area contributed by atoms with Crippen molar-refractivity contribution < 1.29 is 34.1 Å². The van der Waals surface area contributed by atoms with Crippen LogP contribution in [0.1, 0.15) is 19.4 Å². The molecule has 0 aromatic heterocycles. The smallest absolute Gasteiger partial charge is 0.300 e. The number of aliphatic carboxylic acids is 2. The second kappa shape index (κ2) is 16.0. The molecule has 1 amide bonds. The highest BCUT2D eigenvalue weighted by Crippen LogP contribution is 2.16. The zero-order valence-corrected chi connectivity index (χ0v) is 20.2. The third kappa shape index (κ3) is 12.5. The number of carboxylic acid groups (broad SMARTS) is 2. The number of hydrogen-bond acceptors (Lipinski definition) is 8. The topological polar surface area (TPSA) is 155 Å². The summed E-state index contributed by atoms with van der Waals surface area (Å²) in [6.45, 7) is 8.63. The van der Waals surface area contributed by atoms with Crippen LogP contribution in [0.5, 0.6) is 5.75 Å². The van der Waals surface area contributed by atoms with E-state index in [0.717, 1.165) is 51.3 Å². The third-order valence-corrected chi connectivity index (χ3v) is 5.08. The summed E-state index contributed by atoms with van der Waals surface area (Å²) in [5, 5.41) is 18.0. The van der Waals surface area contributed by atoms with Gasteiger partial charge in [0, 0.05) is 46.6 Å². The Hall–Kier alpha value is -2.73. The van der Waals surface area contributed by atoms with Gasteiger partial charge in [-0.05, 0) is 24.7 Å². The molecule has 2 fully saturated rings. The molecule has 34 heavy (non-hydrogen) atoms. The van der Waals surface area contributed by atoms with Gasteiger partial charge < -0.3 is 35.6 Å². The zero-order valence-electron chi connectivity index (χ0n) is 20.2. The van der Waals surface area contributed by atoms with Crippen molar-refractivity contribution in [3.8, 4) is 5.75 Å². The van der Waals surface area contributed by atoms with E-state index in [1.54, 1.807) is 0 Å². The van der Waals surface area contributed by atoms with Crippen molar-refractivity contribution in [3.63, 3.8) is 0 Å².